The lowest BCUT2D eigenvalue weighted by atomic mass is 9.89. The number of rotatable bonds is 8. The van der Waals surface area contributed by atoms with Gasteiger partial charge in [0.1, 0.15) is 48.8 Å². The molecule has 58 heavy (non-hydrogen) atoms. The van der Waals surface area contributed by atoms with Crippen LogP contribution < -0.4 is 0 Å². The summed E-state index contributed by atoms with van der Waals surface area (Å²) >= 11 is 0. The highest BCUT2D eigenvalue weighted by molar-refractivity contribution is 5.20. The average molecular weight is 789 g/mol. The molecule has 4 aromatic rings. The summed E-state index contributed by atoms with van der Waals surface area (Å²) in [5.41, 5.74) is 6.33. The summed E-state index contributed by atoms with van der Waals surface area (Å²) < 4.78 is 62.4. The zero-order chi connectivity index (χ0) is 39.3. The summed E-state index contributed by atoms with van der Waals surface area (Å²) in [6.45, 7) is 11.1. The second-order valence-electron chi connectivity index (χ2n) is 15.8. The van der Waals surface area contributed by atoms with Gasteiger partial charge in [0.05, 0.1) is 51.8 Å². The maximum atomic E-state index is 6.41. The zero-order valence-corrected chi connectivity index (χ0v) is 32.6. The van der Waals surface area contributed by atoms with E-state index in [-0.39, 0.29) is 61.0 Å². The minimum atomic E-state index is -0.431. The van der Waals surface area contributed by atoms with Crippen LogP contribution in [0, 0.1) is 0 Å². The smallest absolute Gasteiger partial charge is 0.184 e. The Bertz CT molecular complexity index is 1790. The third-order valence-corrected chi connectivity index (χ3v) is 11.5. The van der Waals surface area contributed by atoms with Crippen molar-refractivity contribution in [1.29, 1.82) is 0 Å². The van der Waals surface area contributed by atoms with Gasteiger partial charge in [0, 0.05) is 11.1 Å². The summed E-state index contributed by atoms with van der Waals surface area (Å²) in [6.07, 6.45) is -1.20. The van der Waals surface area contributed by atoms with Crippen molar-refractivity contribution in [3.63, 3.8) is 0 Å². The van der Waals surface area contributed by atoms with Crippen molar-refractivity contribution >= 4 is 0 Å². The van der Waals surface area contributed by atoms with Crippen molar-refractivity contribution < 1.29 is 47.4 Å². The molecule has 4 aromatic carbocycles. The molecule has 10 rings (SSSR count). The van der Waals surface area contributed by atoms with Crippen LogP contribution in [0.5, 0.6) is 0 Å². The zero-order valence-electron chi connectivity index (χ0n) is 32.6. The van der Waals surface area contributed by atoms with Gasteiger partial charge in [-0.15, -0.1) is 0 Å². The van der Waals surface area contributed by atoms with Crippen LogP contribution in [-0.4, -0.2) is 87.5 Å². The molecule has 6 aliphatic rings. The summed E-state index contributed by atoms with van der Waals surface area (Å²) in [7, 11) is 0. The Hall–Kier alpha value is -4.04. The minimum Gasteiger partial charge on any atom is -0.368 e. The standard InChI is InChI=1S/2C24H26O5/c2*1-16-12-19-21(25-13-16)23(26-14-17-8-4-2-5-9-17)22-20(28-19)15-27-24(29-22)18-10-6-3-7-11-18/h2*2-11,19-24H,1,12-15H2/t2*19-,20+,21+,22+,23+,24+/m00/s1. The fraction of sp³-hybridized carbons (Fsp3) is 0.417. The van der Waals surface area contributed by atoms with Gasteiger partial charge < -0.3 is 47.4 Å². The van der Waals surface area contributed by atoms with Gasteiger partial charge in [0.25, 0.3) is 0 Å². The minimum absolute atomic E-state index is 0.0845. The van der Waals surface area contributed by atoms with Gasteiger partial charge in [-0.3, -0.25) is 0 Å². The largest absolute Gasteiger partial charge is 0.368 e. The molecule has 0 unspecified atom stereocenters. The van der Waals surface area contributed by atoms with E-state index in [1.165, 1.54) is 0 Å². The Kier molecular flexibility index (Phi) is 12.6. The molecule has 0 radical (unpaired) electrons. The molecule has 12 atom stereocenters. The fourth-order valence-corrected chi connectivity index (χ4v) is 8.64. The van der Waals surface area contributed by atoms with Crippen molar-refractivity contribution in [2.45, 2.75) is 99.7 Å². The van der Waals surface area contributed by atoms with Crippen molar-refractivity contribution in [3.05, 3.63) is 168 Å². The van der Waals surface area contributed by atoms with Crippen LogP contribution in [0.15, 0.2) is 146 Å². The van der Waals surface area contributed by atoms with Crippen LogP contribution in [0.3, 0.4) is 0 Å². The van der Waals surface area contributed by atoms with Gasteiger partial charge >= 0.3 is 0 Å². The van der Waals surface area contributed by atoms with Crippen LogP contribution in [0.1, 0.15) is 47.7 Å². The molecule has 0 aliphatic carbocycles. The SMILES string of the molecule is C=C1CO[C@H]2[C@@H](OCc3ccccc3)[C@@H]3O[C@H](c4ccccc4)OC[C@H]3O[C@H]2C1.C=C1CO[C@H]2[C@@H](OCc3ccccc3)[C@@H]3O[C@H](c4ccccc4)OC[C@H]3O[C@H]2C1. The third-order valence-electron chi connectivity index (χ3n) is 11.5. The maximum Gasteiger partial charge on any atom is 0.184 e. The molecule has 6 saturated heterocycles. The fourth-order valence-electron chi connectivity index (χ4n) is 8.64. The Morgan fingerprint density at radius 3 is 1.21 bits per heavy atom. The molecule has 0 aromatic heterocycles. The maximum absolute atomic E-state index is 6.41. The quantitative estimate of drug-likeness (QED) is 0.166. The van der Waals surface area contributed by atoms with Gasteiger partial charge in [-0.2, -0.15) is 0 Å². The number of ether oxygens (including phenoxy) is 10. The lowest BCUT2D eigenvalue weighted by molar-refractivity contribution is -0.341. The molecular formula is C48H52O10. The predicted octanol–water partition coefficient (Wildman–Crippen LogP) is 7.60. The molecule has 6 fully saturated rings. The van der Waals surface area contributed by atoms with Gasteiger partial charge in [0.15, 0.2) is 12.6 Å². The number of fused-ring (bicyclic) bond motifs is 4. The topological polar surface area (TPSA) is 92.3 Å². The highest BCUT2D eigenvalue weighted by atomic mass is 16.7. The Labute approximate surface area is 340 Å². The monoisotopic (exact) mass is 788 g/mol. The van der Waals surface area contributed by atoms with E-state index in [0.717, 1.165) is 46.2 Å². The average Bonchev–Trinajstić information content (AvgIpc) is 3.27. The molecular weight excluding hydrogens is 737 g/mol. The molecule has 304 valence electrons. The van der Waals surface area contributed by atoms with Gasteiger partial charge in [-0.05, 0) is 35.1 Å². The van der Waals surface area contributed by atoms with Gasteiger partial charge in [-0.1, -0.05) is 134 Å². The van der Waals surface area contributed by atoms with E-state index >= 15 is 0 Å². The van der Waals surface area contributed by atoms with Crippen LogP contribution in [-0.2, 0) is 60.6 Å². The highest BCUT2D eigenvalue weighted by Crippen LogP contribution is 2.41. The number of benzene rings is 4. The molecule has 0 amide bonds. The van der Waals surface area contributed by atoms with E-state index < -0.39 is 12.6 Å². The highest BCUT2D eigenvalue weighted by Gasteiger charge is 2.53. The van der Waals surface area contributed by atoms with Crippen LogP contribution in [0.4, 0.5) is 0 Å². The number of hydrogen-bond donors (Lipinski definition) is 0. The molecule has 10 heteroatoms. The van der Waals surface area contributed by atoms with Crippen molar-refractivity contribution in [2.24, 2.45) is 0 Å². The van der Waals surface area contributed by atoms with Crippen molar-refractivity contribution in [1.82, 2.24) is 0 Å². The second kappa shape index (κ2) is 18.5. The van der Waals surface area contributed by atoms with Crippen molar-refractivity contribution in [3.8, 4) is 0 Å². The van der Waals surface area contributed by atoms with E-state index in [1.54, 1.807) is 0 Å². The van der Waals surface area contributed by atoms with E-state index in [0.29, 0.717) is 39.6 Å². The first-order valence-electron chi connectivity index (χ1n) is 20.4. The van der Waals surface area contributed by atoms with Gasteiger partial charge in [-0.25, -0.2) is 0 Å². The molecule has 0 bridgehead atoms. The second-order valence-corrected chi connectivity index (χ2v) is 15.8. The third kappa shape index (κ3) is 9.07. The molecule has 10 nitrogen and oxygen atoms in total. The normalized spacial score (nSPS) is 34.3. The molecule has 0 N–H and O–H groups in total. The summed E-state index contributed by atoms with van der Waals surface area (Å²) in [5.74, 6) is 0. The summed E-state index contributed by atoms with van der Waals surface area (Å²) in [5, 5.41) is 0. The molecule has 6 heterocycles. The van der Waals surface area contributed by atoms with E-state index in [4.69, 9.17) is 47.4 Å². The molecule has 0 saturated carbocycles. The molecule has 0 spiro atoms. The Balaban J connectivity index is 0.000000150. The first kappa shape index (κ1) is 39.4. The van der Waals surface area contributed by atoms with E-state index in [9.17, 15) is 0 Å². The lowest BCUT2D eigenvalue weighted by Gasteiger charge is -2.50. The van der Waals surface area contributed by atoms with Gasteiger partial charge in [0.2, 0.25) is 0 Å². The van der Waals surface area contributed by atoms with Crippen LogP contribution in [0.25, 0.3) is 0 Å². The first-order valence-corrected chi connectivity index (χ1v) is 20.4. The number of hydrogen-bond acceptors (Lipinski definition) is 10. The predicted molar refractivity (Wildman–Crippen MR) is 214 cm³/mol. The van der Waals surface area contributed by atoms with Crippen LogP contribution >= 0.6 is 0 Å². The molecule has 6 aliphatic heterocycles. The first-order chi connectivity index (χ1) is 28.6. The summed E-state index contributed by atoms with van der Waals surface area (Å²) in [4.78, 5) is 0. The van der Waals surface area contributed by atoms with Crippen LogP contribution in [0.2, 0.25) is 0 Å². The Morgan fingerprint density at radius 2 is 0.810 bits per heavy atom. The Morgan fingerprint density at radius 1 is 0.431 bits per heavy atom. The van der Waals surface area contributed by atoms with Crippen molar-refractivity contribution in [2.75, 3.05) is 26.4 Å². The van der Waals surface area contributed by atoms with E-state index in [1.807, 2.05) is 97.1 Å². The summed E-state index contributed by atoms with van der Waals surface area (Å²) in [6, 6.07) is 40.3. The lowest BCUT2D eigenvalue weighted by Crippen LogP contribution is -2.64. The van der Waals surface area contributed by atoms with E-state index in [2.05, 4.69) is 37.4 Å².